The van der Waals surface area contributed by atoms with Crippen molar-refractivity contribution in [1.29, 1.82) is 0 Å². The Bertz CT molecular complexity index is 675. The van der Waals surface area contributed by atoms with Crippen LogP contribution in [0.4, 0.5) is 0 Å². The van der Waals surface area contributed by atoms with Gasteiger partial charge in [-0.15, -0.1) is 0 Å². The number of para-hydroxylation sites is 1. The first-order valence-electron chi connectivity index (χ1n) is 10.8. The SMILES string of the molecule is CCCC[C@H]1CC[C@H](COc2ccccc2-c2cnc(CCC)cn2)CC1. The van der Waals surface area contributed by atoms with E-state index in [2.05, 4.69) is 35.9 Å². The summed E-state index contributed by atoms with van der Waals surface area (Å²) in [6.45, 7) is 5.27. The summed E-state index contributed by atoms with van der Waals surface area (Å²) < 4.78 is 6.26. The van der Waals surface area contributed by atoms with Gasteiger partial charge in [0, 0.05) is 11.8 Å². The number of nitrogens with zero attached hydrogens (tertiary/aromatic N) is 2. The van der Waals surface area contributed by atoms with Gasteiger partial charge in [-0.3, -0.25) is 9.97 Å². The van der Waals surface area contributed by atoms with Gasteiger partial charge in [-0.2, -0.15) is 0 Å². The first-order valence-corrected chi connectivity index (χ1v) is 10.8. The standard InChI is InChI=1S/C24H34N2O/c1-3-5-9-19-12-14-20(15-13-19)18-27-24-11-7-6-10-22(24)23-17-25-21(8-4-2)16-26-23/h6-7,10-11,16-17,19-20H,3-5,8-9,12-15,18H2,1-2H3/t19-,20-. The minimum absolute atomic E-state index is 0.689. The fourth-order valence-corrected chi connectivity index (χ4v) is 4.07. The predicted molar refractivity (Wildman–Crippen MR) is 112 cm³/mol. The van der Waals surface area contributed by atoms with Crippen LogP contribution >= 0.6 is 0 Å². The van der Waals surface area contributed by atoms with Gasteiger partial charge in [0.1, 0.15) is 5.75 Å². The molecule has 0 atom stereocenters. The molecule has 0 spiro atoms. The van der Waals surface area contributed by atoms with Crippen molar-refractivity contribution in [3.8, 4) is 17.0 Å². The molecular formula is C24H34N2O. The second-order valence-electron chi connectivity index (χ2n) is 7.98. The second-order valence-corrected chi connectivity index (χ2v) is 7.98. The van der Waals surface area contributed by atoms with Crippen LogP contribution in [0, 0.1) is 11.8 Å². The van der Waals surface area contributed by atoms with E-state index in [0.29, 0.717) is 5.92 Å². The van der Waals surface area contributed by atoms with Gasteiger partial charge in [0.2, 0.25) is 0 Å². The van der Waals surface area contributed by atoms with E-state index < -0.39 is 0 Å². The van der Waals surface area contributed by atoms with Crippen LogP contribution in [0.1, 0.15) is 70.9 Å². The van der Waals surface area contributed by atoms with Gasteiger partial charge in [-0.25, -0.2) is 0 Å². The molecule has 2 aromatic rings. The van der Waals surface area contributed by atoms with E-state index in [-0.39, 0.29) is 0 Å². The first kappa shape index (κ1) is 19.9. The second kappa shape index (κ2) is 10.4. The van der Waals surface area contributed by atoms with Crippen molar-refractivity contribution in [1.82, 2.24) is 9.97 Å². The molecule has 27 heavy (non-hydrogen) atoms. The molecule has 3 rings (SSSR count). The van der Waals surface area contributed by atoms with Gasteiger partial charge < -0.3 is 4.74 Å². The average molecular weight is 367 g/mol. The van der Waals surface area contributed by atoms with E-state index in [1.54, 1.807) is 0 Å². The van der Waals surface area contributed by atoms with Crippen molar-refractivity contribution in [2.45, 2.75) is 71.6 Å². The Morgan fingerprint density at radius 1 is 0.926 bits per heavy atom. The van der Waals surface area contributed by atoms with Crippen molar-refractivity contribution in [3.05, 3.63) is 42.4 Å². The van der Waals surface area contributed by atoms with E-state index in [0.717, 1.165) is 48.1 Å². The van der Waals surface area contributed by atoms with Crippen LogP contribution in [0.15, 0.2) is 36.7 Å². The number of aryl methyl sites for hydroxylation is 1. The molecule has 1 aromatic carbocycles. The van der Waals surface area contributed by atoms with Crippen molar-refractivity contribution in [2.75, 3.05) is 6.61 Å². The summed E-state index contributed by atoms with van der Waals surface area (Å²) in [6, 6.07) is 8.23. The fourth-order valence-electron chi connectivity index (χ4n) is 4.07. The lowest BCUT2D eigenvalue weighted by molar-refractivity contribution is 0.178. The smallest absolute Gasteiger partial charge is 0.128 e. The van der Waals surface area contributed by atoms with E-state index in [1.807, 2.05) is 24.5 Å². The van der Waals surface area contributed by atoms with Crippen LogP contribution in [-0.4, -0.2) is 16.6 Å². The highest BCUT2D eigenvalue weighted by atomic mass is 16.5. The number of benzene rings is 1. The van der Waals surface area contributed by atoms with Gasteiger partial charge in [-0.05, 0) is 43.2 Å². The molecule has 146 valence electrons. The minimum atomic E-state index is 0.689. The highest BCUT2D eigenvalue weighted by Gasteiger charge is 2.21. The zero-order valence-electron chi connectivity index (χ0n) is 17.0. The molecule has 3 heteroatoms. The number of aromatic nitrogens is 2. The van der Waals surface area contributed by atoms with Crippen LogP contribution in [0.3, 0.4) is 0 Å². The fraction of sp³-hybridized carbons (Fsp3) is 0.583. The molecule has 1 fully saturated rings. The summed E-state index contributed by atoms with van der Waals surface area (Å²) in [5.74, 6) is 2.57. The molecule has 0 N–H and O–H groups in total. The van der Waals surface area contributed by atoms with Gasteiger partial charge in [0.05, 0.1) is 24.2 Å². The van der Waals surface area contributed by atoms with Gasteiger partial charge in [0.15, 0.2) is 0 Å². The molecule has 3 nitrogen and oxygen atoms in total. The zero-order chi connectivity index (χ0) is 18.9. The van der Waals surface area contributed by atoms with Crippen molar-refractivity contribution in [2.24, 2.45) is 11.8 Å². The lowest BCUT2D eigenvalue weighted by Gasteiger charge is -2.28. The normalized spacial score (nSPS) is 19.8. The Labute approximate surface area is 164 Å². The summed E-state index contributed by atoms with van der Waals surface area (Å²) in [5.41, 5.74) is 3.00. The van der Waals surface area contributed by atoms with E-state index in [1.165, 1.54) is 44.9 Å². The first-order chi connectivity index (χ1) is 13.3. The summed E-state index contributed by atoms with van der Waals surface area (Å²) in [6.07, 6.45) is 15.3. The number of hydrogen-bond acceptors (Lipinski definition) is 3. The number of hydrogen-bond donors (Lipinski definition) is 0. The minimum Gasteiger partial charge on any atom is -0.493 e. The molecule has 0 unspecified atom stereocenters. The maximum Gasteiger partial charge on any atom is 0.128 e. The van der Waals surface area contributed by atoms with Crippen molar-refractivity contribution in [3.63, 3.8) is 0 Å². The van der Waals surface area contributed by atoms with Crippen LogP contribution in [0.2, 0.25) is 0 Å². The molecular weight excluding hydrogens is 332 g/mol. The van der Waals surface area contributed by atoms with Crippen LogP contribution in [0.5, 0.6) is 5.75 Å². The molecule has 1 saturated carbocycles. The third kappa shape index (κ3) is 5.79. The Morgan fingerprint density at radius 2 is 1.70 bits per heavy atom. The Kier molecular flexibility index (Phi) is 7.67. The topological polar surface area (TPSA) is 35.0 Å². The highest BCUT2D eigenvalue weighted by Crippen LogP contribution is 2.33. The largest absolute Gasteiger partial charge is 0.493 e. The monoisotopic (exact) mass is 366 g/mol. The quantitative estimate of drug-likeness (QED) is 0.510. The number of rotatable bonds is 9. The number of ether oxygens (including phenoxy) is 1. The predicted octanol–water partition coefficient (Wildman–Crippen LogP) is 6.47. The molecule has 1 aliphatic carbocycles. The van der Waals surface area contributed by atoms with Crippen LogP contribution < -0.4 is 4.74 Å². The highest BCUT2D eigenvalue weighted by molar-refractivity contribution is 5.66. The maximum atomic E-state index is 6.26. The van der Waals surface area contributed by atoms with Crippen molar-refractivity contribution >= 4 is 0 Å². The molecule has 0 amide bonds. The third-order valence-corrected chi connectivity index (χ3v) is 5.78. The van der Waals surface area contributed by atoms with Gasteiger partial charge in [-0.1, -0.05) is 64.5 Å². The summed E-state index contributed by atoms with van der Waals surface area (Å²) in [5, 5.41) is 0. The lowest BCUT2D eigenvalue weighted by atomic mass is 9.80. The van der Waals surface area contributed by atoms with Crippen LogP contribution in [0.25, 0.3) is 11.3 Å². The van der Waals surface area contributed by atoms with Crippen molar-refractivity contribution < 1.29 is 4.74 Å². The van der Waals surface area contributed by atoms with Gasteiger partial charge in [0.25, 0.3) is 0 Å². The van der Waals surface area contributed by atoms with E-state index in [9.17, 15) is 0 Å². The molecule has 1 heterocycles. The molecule has 1 aliphatic rings. The lowest BCUT2D eigenvalue weighted by Crippen LogP contribution is -2.20. The Balaban J connectivity index is 1.57. The maximum absolute atomic E-state index is 6.26. The van der Waals surface area contributed by atoms with E-state index >= 15 is 0 Å². The summed E-state index contributed by atoms with van der Waals surface area (Å²) in [7, 11) is 0. The van der Waals surface area contributed by atoms with Gasteiger partial charge >= 0.3 is 0 Å². The Hall–Kier alpha value is -1.90. The molecule has 0 saturated heterocycles. The molecule has 1 aromatic heterocycles. The Morgan fingerprint density at radius 3 is 2.41 bits per heavy atom. The molecule has 0 bridgehead atoms. The molecule has 0 radical (unpaired) electrons. The molecule has 0 aliphatic heterocycles. The summed E-state index contributed by atoms with van der Waals surface area (Å²) in [4.78, 5) is 9.17. The van der Waals surface area contributed by atoms with E-state index in [4.69, 9.17) is 4.74 Å². The number of unbranched alkanes of at least 4 members (excludes halogenated alkanes) is 1. The average Bonchev–Trinajstić information content (AvgIpc) is 2.72. The third-order valence-electron chi connectivity index (χ3n) is 5.78. The summed E-state index contributed by atoms with van der Waals surface area (Å²) >= 11 is 0. The van der Waals surface area contributed by atoms with Crippen LogP contribution in [-0.2, 0) is 6.42 Å². The zero-order valence-corrected chi connectivity index (χ0v) is 17.0.